The summed E-state index contributed by atoms with van der Waals surface area (Å²) in [6.45, 7) is 2.84. The third kappa shape index (κ3) is 7.33. The predicted molar refractivity (Wildman–Crippen MR) is 120 cm³/mol. The topological polar surface area (TPSA) is 79.1 Å². The second-order valence-corrected chi connectivity index (χ2v) is 8.19. The summed E-state index contributed by atoms with van der Waals surface area (Å²) in [6.07, 6.45) is 3.93. The van der Waals surface area contributed by atoms with E-state index in [-0.39, 0.29) is 12.1 Å². The van der Waals surface area contributed by atoms with Crippen LogP contribution in [-0.2, 0) is 11.2 Å². The van der Waals surface area contributed by atoms with Gasteiger partial charge in [0, 0.05) is 49.3 Å². The molecular formula is C22H30N4O3S. The van der Waals surface area contributed by atoms with Gasteiger partial charge < -0.3 is 24.7 Å². The van der Waals surface area contributed by atoms with Gasteiger partial charge in [0.2, 0.25) is 0 Å². The van der Waals surface area contributed by atoms with E-state index in [2.05, 4.69) is 34.9 Å². The second kappa shape index (κ2) is 12.2. The fourth-order valence-corrected chi connectivity index (χ4v) is 4.06. The van der Waals surface area contributed by atoms with Crippen LogP contribution in [0.25, 0.3) is 0 Å². The van der Waals surface area contributed by atoms with E-state index in [1.54, 1.807) is 11.2 Å². The first-order valence-corrected chi connectivity index (χ1v) is 11.3. The standard InChI is InChI=1S/C22H30N4O3S/c1-28-22(27)26-14-10-18(11-15-26)25-21(23-12-9-19-6-5-16-29-19)24-13-17-30-20-7-3-2-4-8-20/h2-8,16,18H,9-15,17H2,1H3,(H2,23,24,25). The molecule has 1 amide bonds. The van der Waals surface area contributed by atoms with Crippen molar-refractivity contribution in [2.24, 2.45) is 4.99 Å². The molecule has 0 bridgehead atoms. The smallest absolute Gasteiger partial charge is 0.409 e. The quantitative estimate of drug-likeness (QED) is 0.289. The Kier molecular flexibility index (Phi) is 8.96. The highest BCUT2D eigenvalue weighted by atomic mass is 32.2. The maximum Gasteiger partial charge on any atom is 0.409 e. The van der Waals surface area contributed by atoms with Crippen molar-refractivity contribution in [1.82, 2.24) is 15.5 Å². The molecule has 8 heteroatoms. The van der Waals surface area contributed by atoms with Gasteiger partial charge in [-0.3, -0.25) is 4.99 Å². The molecule has 2 heterocycles. The van der Waals surface area contributed by atoms with Crippen molar-refractivity contribution >= 4 is 23.8 Å². The summed E-state index contributed by atoms with van der Waals surface area (Å²) in [5.41, 5.74) is 0. The summed E-state index contributed by atoms with van der Waals surface area (Å²) in [5, 5.41) is 6.98. The molecule has 2 aromatic rings. The number of nitrogens with one attached hydrogen (secondary N) is 2. The molecule has 162 valence electrons. The van der Waals surface area contributed by atoms with Gasteiger partial charge in [-0.2, -0.15) is 0 Å². The Labute approximate surface area is 182 Å². The van der Waals surface area contributed by atoms with E-state index in [0.29, 0.717) is 19.6 Å². The van der Waals surface area contributed by atoms with Crippen LogP contribution in [0, 0.1) is 0 Å². The molecule has 0 radical (unpaired) electrons. The average molecular weight is 431 g/mol. The summed E-state index contributed by atoms with van der Waals surface area (Å²) in [4.78, 5) is 19.4. The number of hydrogen-bond acceptors (Lipinski definition) is 5. The van der Waals surface area contributed by atoms with Crippen LogP contribution in [0.2, 0.25) is 0 Å². The Morgan fingerprint density at radius 2 is 2.03 bits per heavy atom. The summed E-state index contributed by atoms with van der Waals surface area (Å²) in [7, 11) is 1.42. The number of nitrogens with zero attached hydrogens (tertiary/aromatic N) is 2. The third-order valence-corrected chi connectivity index (χ3v) is 5.90. The van der Waals surface area contributed by atoms with Gasteiger partial charge in [0.1, 0.15) is 5.76 Å². The van der Waals surface area contributed by atoms with E-state index < -0.39 is 0 Å². The van der Waals surface area contributed by atoms with Crippen molar-refractivity contribution in [1.29, 1.82) is 0 Å². The summed E-state index contributed by atoms with van der Waals surface area (Å²) in [5.74, 6) is 2.69. The number of carbonyl (C=O) groups is 1. The molecule has 0 saturated carbocycles. The van der Waals surface area contributed by atoms with Crippen molar-refractivity contribution in [3.63, 3.8) is 0 Å². The van der Waals surface area contributed by atoms with E-state index in [4.69, 9.17) is 14.1 Å². The van der Waals surface area contributed by atoms with Crippen molar-refractivity contribution in [3.05, 3.63) is 54.5 Å². The Hall–Kier alpha value is -2.61. The molecule has 1 fully saturated rings. The van der Waals surface area contributed by atoms with Gasteiger partial charge in [0.05, 0.1) is 13.4 Å². The summed E-state index contributed by atoms with van der Waals surface area (Å²) in [6, 6.07) is 14.5. The minimum absolute atomic E-state index is 0.253. The van der Waals surface area contributed by atoms with E-state index in [1.165, 1.54) is 12.0 Å². The lowest BCUT2D eigenvalue weighted by atomic mass is 10.1. The van der Waals surface area contributed by atoms with Gasteiger partial charge in [-0.1, -0.05) is 18.2 Å². The maximum atomic E-state index is 11.7. The molecule has 0 unspecified atom stereocenters. The fourth-order valence-electron chi connectivity index (χ4n) is 3.27. The molecule has 0 aliphatic carbocycles. The van der Waals surface area contributed by atoms with Gasteiger partial charge in [0.15, 0.2) is 5.96 Å². The molecule has 1 aliphatic rings. The molecule has 1 aromatic carbocycles. The monoisotopic (exact) mass is 430 g/mol. The Balaban J connectivity index is 1.47. The predicted octanol–water partition coefficient (Wildman–Crippen LogP) is 3.38. The second-order valence-electron chi connectivity index (χ2n) is 7.02. The third-order valence-electron chi connectivity index (χ3n) is 4.88. The number of methoxy groups -OCH3 is 1. The Morgan fingerprint density at radius 1 is 1.23 bits per heavy atom. The number of likely N-dealkylation sites (tertiary alicyclic amines) is 1. The Morgan fingerprint density at radius 3 is 2.73 bits per heavy atom. The van der Waals surface area contributed by atoms with Crippen LogP contribution in [-0.4, -0.2) is 62.0 Å². The maximum absolute atomic E-state index is 11.7. The van der Waals surface area contributed by atoms with Crippen molar-refractivity contribution in [2.45, 2.75) is 30.2 Å². The van der Waals surface area contributed by atoms with Crippen molar-refractivity contribution in [3.8, 4) is 0 Å². The van der Waals surface area contributed by atoms with Crippen LogP contribution in [0.1, 0.15) is 18.6 Å². The highest BCUT2D eigenvalue weighted by Gasteiger charge is 2.23. The van der Waals surface area contributed by atoms with Gasteiger partial charge >= 0.3 is 6.09 Å². The number of thioether (sulfide) groups is 1. The zero-order valence-corrected chi connectivity index (χ0v) is 18.2. The van der Waals surface area contributed by atoms with Gasteiger partial charge in [0.25, 0.3) is 0 Å². The van der Waals surface area contributed by atoms with Crippen LogP contribution in [0.15, 0.2) is 63.0 Å². The molecular weight excluding hydrogens is 400 g/mol. The van der Waals surface area contributed by atoms with Gasteiger partial charge in [-0.25, -0.2) is 4.79 Å². The normalized spacial score (nSPS) is 15.1. The first kappa shape index (κ1) is 22.1. The lowest BCUT2D eigenvalue weighted by Crippen LogP contribution is -2.50. The molecule has 3 rings (SSSR count). The molecule has 1 saturated heterocycles. The van der Waals surface area contributed by atoms with Crippen LogP contribution >= 0.6 is 11.8 Å². The molecule has 0 atom stereocenters. The van der Waals surface area contributed by atoms with Gasteiger partial charge in [-0.15, -0.1) is 11.8 Å². The van der Waals surface area contributed by atoms with Crippen LogP contribution in [0.3, 0.4) is 0 Å². The number of carbonyl (C=O) groups excluding carboxylic acids is 1. The largest absolute Gasteiger partial charge is 0.469 e. The fraction of sp³-hybridized carbons (Fsp3) is 0.455. The number of guanidine groups is 1. The molecule has 1 aromatic heterocycles. The van der Waals surface area contributed by atoms with Crippen LogP contribution in [0.4, 0.5) is 4.79 Å². The molecule has 0 spiro atoms. The number of benzene rings is 1. The Bertz CT molecular complexity index is 775. The zero-order valence-electron chi connectivity index (χ0n) is 17.4. The van der Waals surface area contributed by atoms with E-state index in [0.717, 1.165) is 43.3 Å². The number of piperidine rings is 1. The highest BCUT2D eigenvalue weighted by molar-refractivity contribution is 7.99. The number of hydrogen-bond donors (Lipinski definition) is 2. The minimum atomic E-state index is -0.253. The zero-order chi connectivity index (χ0) is 21.0. The van der Waals surface area contributed by atoms with Crippen molar-refractivity contribution < 1.29 is 13.9 Å². The number of ether oxygens (including phenoxy) is 1. The first-order chi connectivity index (χ1) is 14.7. The minimum Gasteiger partial charge on any atom is -0.469 e. The number of aliphatic imine (C=N–C) groups is 1. The SMILES string of the molecule is COC(=O)N1CCC(NC(=NCCc2ccco2)NCCSc2ccccc2)CC1. The number of amides is 1. The average Bonchev–Trinajstić information content (AvgIpc) is 3.31. The summed E-state index contributed by atoms with van der Waals surface area (Å²) >= 11 is 1.82. The highest BCUT2D eigenvalue weighted by Crippen LogP contribution is 2.16. The lowest BCUT2D eigenvalue weighted by Gasteiger charge is -2.32. The van der Waals surface area contributed by atoms with E-state index in [1.807, 2.05) is 30.0 Å². The molecule has 7 nitrogen and oxygen atoms in total. The van der Waals surface area contributed by atoms with E-state index >= 15 is 0 Å². The first-order valence-electron chi connectivity index (χ1n) is 10.3. The van der Waals surface area contributed by atoms with Gasteiger partial charge in [-0.05, 0) is 37.1 Å². The number of rotatable bonds is 8. The number of furan rings is 1. The molecule has 2 N–H and O–H groups in total. The van der Waals surface area contributed by atoms with Crippen LogP contribution < -0.4 is 10.6 Å². The van der Waals surface area contributed by atoms with Crippen molar-refractivity contribution in [2.75, 3.05) is 39.0 Å². The summed E-state index contributed by atoms with van der Waals surface area (Å²) < 4.78 is 10.2. The lowest BCUT2D eigenvalue weighted by molar-refractivity contribution is 0.111. The molecule has 1 aliphatic heterocycles. The molecule has 30 heavy (non-hydrogen) atoms. The van der Waals surface area contributed by atoms with Crippen LogP contribution in [0.5, 0.6) is 0 Å². The van der Waals surface area contributed by atoms with E-state index in [9.17, 15) is 4.79 Å².